The normalized spacial score (nSPS) is 11.4. The second-order valence-corrected chi connectivity index (χ2v) is 13.2. The van der Waals surface area contributed by atoms with Crippen molar-refractivity contribution in [1.82, 2.24) is 4.98 Å². The first-order valence-electron chi connectivity index (χ1n) is 15.8. The lowest BCUT2D eigenvalue weighted by Crippen LogP contribution is -2.10. The molecule has 9 aromatic rings. The fourth-order valence-corrected chi connectivity index (χ4v) is 7.81. The predicted molar refractivity (Wildman–Crippen MR) is 203 cm³/mol. The molecule has 0 radical (unpaired) electrons. The largest absolute Gasteiger partial charge is 0.436 e. The van der Waals surface area contributed by atoms with Gasteiger partial charge in [0.05, 0.1) is 0 Å². The Morgan fingerprint density at radius 3 is 1.96 bits per heavy atom. The number of halogens is 1. The summed E-state index contributed by atoms with van der Waals surface area (Å²) in [5.41, 5.74) is 10.0. The van der Waals surface area contributed by atoms with Crippen LogP contribution < -0.4 is 4.90 Å². The van der Waals surface area contributed by atoms with Crippen molar-refractivity contribution in [2.45, 2.75) is 0 Å². The molecule has 0 amide bonds. The molecule has 7 aromatic carbocycles. The van der Waals surface area contributed by atoms with Crippen molar-refractivity contribution >= 4 is 71.3 Å². The standard InChI is InChI=1S/C43H27ClN2OS/c44-38-26-37-35-13-4-7-16-41(35)48-42(37)27-36(38)30-19-23-33(24-20-30)46(32-21-17-29(18-22-32)28-9-2-1-3-10-28)34-12-8-11-31(25-34)43-45-39-14-5-6-15-40(39)47-43/h1-27H. The van der Waals surface area contributed by atoms with E-state index in [9.17, 15) is 0 Å². The van der Waals surface area contributed by atoms with E-state index in [0.29, 0.717) is 5.89 Å². The minimum atomic E-state index is 0.596. The number of anilines is 3. The Labute approximate surface area is 286 Å². The van der Waals surface area contributed by atoms with Crippen LogP contribution in [0, 0.1) is 0 Å². The van der Waals surface area contributed by atoms with Crippen LogP contribution in [0.15, 0.2) is 168 Å². The molecule has 2 aromatic heterocycles. The molecule has 5 heteroatoms. The van der Waals surface area contributed by atoms with E-state index >= 15 is 0 Å². The van der Waals surface area contributed by atoms with Gasteiger partial charge >= 0.3 is 0 Å². The van der Waals surface area contributed by atoms with Crippen LogP contribution in [0.4, 0.5) is 17.1 Å². The maximum absolute atomic E-state index is 6.94. The molecule has 0 aliphatic heterocycles. The summed E-state index contributed by atoms with van der Waals surface area (Å²) in [6.07, 6.45) is 0. The molecular formula is C43H27ClN2OS. The van der Waals surface area contributed by atoms with Gasteiger partial charge in [0.1, 0.15) is 5.52 Å². The van der Waals surface area contributed by atoms with Gasteiger partial charge in [-0.25, -0.2) is 4.98 Å². The molecule has 0 unspecified atom stereocenters. The SMILES string of the molecule is Clc1cc2c(cc1-c1ccc(N(c3ccc(-c4ccccc4)cc3)c3cccc(-c4nc5ccccc5o4)c3)cc1)sc1ccccc12. The third-order valence-electron chi connectivity index (χ3n) is 8.78. The van der Waals surface area contributed by atoms with Crippen molar-refractivity contribution in [3.8, 4) is 33.7 Å². The van der Waals surface area contributed by atoms with Gasteiger partial charge in [-0.3, -0.25) is 0 Å². The third kappa shape index (κ3) is 5.12. The van der Waals surface area contributed by atoms with Crippen LogP contribution in [-0.4, -0.2) is 4.98 Å². The maximum Gasteiger partial charge on any atom is 0.227 e. The smallest absolute Gasteiger partial charge is 0.227 e. The maximum atomic E-state index is 6.94. The summed E-state index contributed by atoms with van der Waals surface area (Å²) in [7, 11) is 0. The summed E-state index contributed by atoms with van der Waals surface area (Å²) in [6.45, 7) is 0. The lowest BCUT2D eigenvalue weighted by Gasteiger charge is -2.26. The van der Waals surface area contributed by atoms with Gasteiger partial charge < -0.3 is 9.32 Å². The molecule has 2 heterocycles. The lowest BCUT2D eigenvalue weighted by atomic mass is 10.0. The van der Waals surface area contributed by atoms with E-state index in [1.807, 2.05) is 36.4 Å². The number of aromatic nitrogens is 1. The number of benzene rings is 7. The van der Waals surface area contributed by atoms with E-state index in [0.717, 1.165) is 49.9 Å². The Kier molecular flexibility index (Phi) is 7.04. The Morgan fingerprint density at radius 2 is 1.17 bits per heavy atom. The Bertz CT molecular complexity index is 2540. The van der Waals surface area contributed by atoms with Crippen molar-refractivity contribution in [2.24, 2.45) is 0 Å². The number of para-hydroxylation sites is 2. The number of oxazole rings is 1. The van der Waals surface area contributed by atoms with E-state index < -0.39 is 0 Å². The number of hydrogen-bond acceptors (Lipinski definition) is 4. The van der Waals surface area contributed by atoms with Gasteiger partial charge in [0, 0.05) is 53.4 Å². The van der Waals surface area contributed by atoms with Crippen LogP contribution in [0.25, 0.3) is 65.0 Å². The van der Waals surface area contributed by atoms with Crippen molar-refractivity contribution < 1.29 is 4.42 Å². The summed E-state index contributed by atoms with van der Waals surface area (Å²) in [6, 6.07) is 56.8. The highest BCUT2D eigenvalue weighted by molar-refractivity contribution is 7.25. The van der Waals surface area contributed by atoms with Crippen molar-refractivity contribution in [3.63, 3.8) is 0 Å². The molecule has 3 nitrogen and oxygen atoms in total. The minimum absolute atomic E-state index is 0.596. The molecule has 228 valence electrons. The second kappa shape index (κ2) is 11.8. The van der Waals surface area contributed by atoms with Crippen LogP contribution in [0.2, 0.25) is 5.02 Å². The zero-order valence-corrected chi connectivity index (χ0v) is 27.2. The highest BCUT2D eigenvalue weighted by atomic mass is 35.5. The molecule has 0 bridgehead atoms. The molecule has 0 aliphatic rings. The second-order valence-electron chi connectivity index (χ2n) is 11.8. The summed E-state index contributed by atoms with van der Waals surface area (Å²) in [4.78, 5) is 7.03. The van der Waals surface area contributed by atoms with Crippen LogP contribution in [0.1, 0.15) is 0 Å². The van der Waals surface area contributed by atoms with Gasteiger partial charge in [-0.05, 0) is 89.5 Å². The van der Waals surface area contributed by atoms with Crippen molar-refractivity contribution in [2.75, 3.05) is 4.90 Å². The van der Waals surface area contributed by atoms with Gasteiger partial charge in [-0.2, -0.15) is 0 Å². The molecule has 0 fully saturated rings. The van der Waals surface area contributed by atoms with E-state index in [2.05, 4.69) is 132 Å². The molecule has 0 saturated heterocycles. The van der Waals surface area contributed by atoms with Gasteiger partial charge in [-0.1, -0.05) is 103 Å². The molecule has 0 atom stereocenters. The first kappa shape index (κ1) is 28.5. The van der Waals surface area contributed by atoms with Gasteiger partial charge in [0.25, 0.3) is 0 Å². The molecule has 0 aliphatic carbocycles. The van der Waals surface area contributed by atoms with Crippen LogP contribution in [0.5, 0.6) is 0 Å². The van der Waals surface area contributed by atoms with E-state index in [-0.39, 0.29) is 0 Å². The molecule has 9 rings (SSSR count). The number of hydrogen-bond donors (Lipinski definition) is 0. The molecule has 48 heavy (non-hydrogen) atoms. The third-order valence-corrected chi connectivity index (χ3v) is 10.2. The summed E-state index contributed by atoms with van der Waals surface area (Å²) < 4.78 is 8.65. The van der Waals surface area contributed by atoms with Crippen LogP contribution in [0.3, 0.4) is 0 Å². The summed E-state index contributed by atoms with van der Waals surface area (Å²) in [5, 5.41) is 3.19. The van der Waals surface area contributed by atoms with Crippen molar-refractivity contribution in [3.05, 3.63) is 169 Å². The fourth-order valence-electron chi connectivity index (χ4n) is 6.41. The van der Waals surface area contributed by atoms with Crippen LogP contribution in [-0.2, 0) is 0 Å². The first-order valence-corrected chi connectivity index (χ1v) is 17.0. The van der Waals surface area contributed by atoms with E-state index in [1.165, 1.54) is 31.3 Å². The quantitative estimate of drug-likeness (QED) is 0.179. The summed E-state index contributed by atoms with van der Waals surface area (Å²) >= 11 is 8.74. The average molecular weight is 655 g/mol. The Morgan fingerprint density at radius 1 is 0.500 bits per heavy atom. The Balaban J connectivity index is 1.13. The molecule has 0 saturated carbocycles. The van der Waals surface area contributed by atoms with Gasteiger partial charge in [0.15, 0.2) is 5.58 Å². The zero-order valence-electron chi connectivity index (χ0n) is 25.7. The summed E-state index contributed by atoms with van der Waals surface area (Å²) in [5.74, 6) is 0.596. The predicted octanol–water partition coefficient (Wildman–Crippen LogP) is 13.3. The zero-order chi connectivity index (χ0) is 32.0. The first-order chi connectivity index (χ1) is 23.7. The number of fused-ring (bicyclic) bond motifs is 4. The monoisotopic (exact) mass is 654 g/mol. The van der Waals surface area contributed by atoms with Gasteiger partial charge in [-0.15, -0.1) is 11.3 Å². The topological polar surface area (TPSA) is 29.3 Å². The van der Waals surface area contributed by atoms with E-state index in [4.69, 9.17) is 21.0 Å². The highest BCUT2D eigenvalue weighted by Crippen LogP contribution is 2.42. The van der Waals surface area contributed by atoms with E-state index in [1.54, 1.807) is 11.3 Å². The number of nitrogens with zero attached hydrogens (tertiary/aromatic N) is 2. The molecule has 0 spiro atoms. The number of thiophene rings is 1. The van der Waals surface area contributed by atoms with Crippen LogP contribution >= 0.6 is 22.9 Å². The Hall–Kier alpha value is -5.68. The minimum Gasteiger partial charge on any atom is -0.436 e. The fraction of sp³-hybridized carbons (Fsp3) is 0. The number of rotatable bonds is 6. The molecular weight excluding hydrogens is 628 g/mol. The van der Waals surface area contributed by atoms with Gasteiger partial charge in [0.2, 0.25) is 5.89 Å². The lowest BCUT2D eigenvalue weighted by molar-refractivity contribution is 0.620. The van der Waals surface area contributed by atoms with Crippen molar-refractivity contribution in [1.29, 1.82) is 0 Å². The average Bonchev–Trinajstić information content (AvgIpc) is 3.74. The highest BCUT2D eigenvalue weighted by Gasteiger charge is 2.17. The molecule has 0 N–H and O–H groups in total.